The molecular formula is C12H17N3O3. The van der Waals surface area contributed by atoms with E-state index in [0.717, 1.165) is 12.8 Å². The van der Waals surface area contributed by atoms with E-state index in [9.17, 15) is 4.79 Å². The van der Waals surface area contributed by atoms with Crippen molar-refractivity contribution >= 4 is 11.8 Å². The fourth-order valence-corrected chi connectivity index (χ4v) is 2.01. The highest BCUT2D eigenvalue weighted by Gasteiger charge is 2.35. The number of hydrogen-bond acceptors (Lipinski definition) is 6. The van der Waals surface area contributed by atoms with E-state index in [4.69, 9.17) is 10.5 Å². The second-order valence-electron chi connectivity index (χ2n) is 4.41. The number of carbonyl (C=O) groups excluding carboxylic acids is 1. The van der Waals surface area contributed by atoms with E-state index in [2.05, 4.69) is 14.7 Å². The molecule has 0 spiro atoms. The van der Waals surface area contributed by atoms with Crippen LogP contribution in [-0.4, -0.2) is 30.2 Å². The number of rotatable bonds is 4. The molecule has 0 radical (unpaired) electrons. The lowest BCUT2D eigenvalue weighted by molar-refractivity contribution is 0.0597. The molecule has 1 atom stereocenters. The van der Waals surface area contributed by atoms with Gasteiger partial charge in [-0.3, -0.25) is 0 Å². The molecule has 6 nitrogen and oxygen atoms in total. The van der Waals surface area contributed by atoms with Crippen LogP contribution in [0.1, 0.15) is 40.8 Å². The van der Waals surface area contributed by atoms with Gasteiger partial charge in [-0.15, -0.1) is 0 Å². The Hall–Kier alpha value is -1.69. The fraction of sp³-hybridized carbons (Fsp3) is 0.583. The minimum Gasteiger partial charge on any atom is -0.465 e. The number of carbonyl (C=O) groups is 1. The summed E-state index contributed by atoms with van der Waals surface area (Å²) in [5.41, 5.74) is 6.55. The van der Waals surface area contributed by atoms with Crippen molar-refractivity contribution in [2.24, 2.45) is 5.92 Å². The van der Waals surface area contributed by atoms with Gasteiger partial charge in [-0.05, 0) is 25.7 Å². The molecule has 0 amide bonds. The summed E-state index contributed by atoms with van der Waals surface area (Å²) in [7, 11) is 2.93. The van der Waals surface area contributed by atoms with Gasteiger partial charge in [0, 0.05) is 7.11 Å². The number of nitrogen functional groups attached to an aromatic ring is 1. The monoisotopic (exact) mass is 251 g/mol. The lowest BCUT2D eigenvalue weighted by Gasteiger charge is -2.15. The third kappa shape index (κ3) is 2.28. The van der Waals surface area contributed by atoms with Crippen molar-refractivity contribution in [2.45, 2.75) is 25.9 Å². The predicted octanol–water partition coefficient (Wildman–Crippen LogP) is 1.25. The first-order valence-corrected chi connectivity index (χ1v) is 5.83. The van der Waals surface area contributed by atoms with Crippen LogP contribution in [0.2, 0.25) is 0 Å². The van der Waals surface area contributed by atoms with Crippen LogP contribution < -0.4 is 5.73 Å². The van der Waals surface area contributed by atoms with Crippen LogP contribution in [0.4, 0.5) is 5.82 Å². The maximum atomic E-state index is 11.5. The number of aromatic nitrogens is 2. The van der Waals surface area contributed by atoms with Gasteiger partial charge < -0.3 is 15.2 Å². The van der Waals surface area contributed by atoms with Gasteiger partial charge in [0.05, 0.1) is 12.8 Å². The Bertz CT molecular complexity index is 449. The minimum atomic E-state index is -0.517. The van der Waals surface area contributed by atoms with Crippen molar-refractivity contribution in [3.05, 3.63) is 17.1 Å². The van der Waals surface area contributed by atoms with Gasteiger partial charge in [0.1, 0.15) is 17.5 Å². The van der Waals surface area contributed by atoms with Crippen molar-refractivity contribution in [3.8, 4) is 0 Å². The first-order valence-electron chi connectivity index (χ1n) is 5.83. The summed E-state index contributed by atoms with van der Waals surface area (Å²) in [6.45, 7) is 1.72. The van der Waals surface area contributed by atoms with E-state index in [-0.39, 0.29) is 17.5 Å². The lowest BCUT2D eigenvalue weighted by atomic mass is 10.1. The number of nitrogens with zero attached hydrogens (tertiary/aromatic N) is 2. The lowest BCUT2D eigenvalue weighted by Crippen LogP contribution is -2.16. The van der Waals surface area contributed by atoms with Crippen LogP contribution in [0, 0.1) is 12.8 Å². The third-order valence-electron chi connectivity index (χ3n) is 3.08. The molecule has 0 aromatic carbocycles. The van der Waals surface area contributed by atoms with Crippen LogP contribution in [0.3, 0.4) is 0 Å². The average Bonchev–Trinajstić information content (AvgIpc) is 3.13. The maximum Gasteiger partial charge on any atom is 0.343 e. The molecule has 1 aliphatic carbocycles. The van der Waals surface area contributed by atoms with E-state index >= 15 is 0 Å². The topological polar surface area (TPSA) is 87.3 Å². The Labute approximate surface area is 106 Å². The van der Waals surface area contributed by atoms with Crippen molar-refractivity contribution < 1.29 is 14.3 Å². The molecule has 1 aromatic heterocycles. The Balaban J connectivity index is 2.38. The smallest absolute Gasteiger partial charge is 0.343 e. The zero-order valence-corrected chi connectivity index (χ0v) is 10.8. The van der Waals surface area contributed by atoms with E-state index in [1.165, 1.54) is 7.11 Å². The second-order valence-corrected chi connectivity index (χ2v) is 4.41. The number of methoxy groups -OCH3 is 2. The van der Waals surface area contributed by atoms with Crippen molar-refractivity contribution in [2.75, 3.05) is 20.0 Å². The van der Waals surface area contributed by atoms with Crippen LogP contribution in [0.15, 0.2) is 0 Å². The van der Waals surface area contributed by atoms with Crippen molar-refractivity contribution in [3.63, 3.8) is 0 Å². The summed E-state index contributed by atoms with van der Waals surface area (Å²) in [6, 6.07) is 0. The first kappa shape index (κ1) is 12.8. The molecule has 1 aliphatic rings. The van der Waals surface area contributed by atoms with E-state index in [1.54, 1.807) is 14.0 Å². The SMILES string of the molecule is COC(=O)c1c(C)nc(C(OC)C2CC2)nc1N. The third-order valence-corrected chi connectivity index (χ3v) is 3.08. The van der Waals surface area contributed by atoms with Gasteiger partial charge in [-0.2, -0.15) is 0 Å². The first-order chi connectivity index (χ1) is 8.58. The molecule has 1 heterocycles. The Morgan fingerprint density at radius 1 is 1.39 bits per heavy atom. The summed E-state index contributed by atoms with van der Waals surface area (Å²) < 4.78 is 10.1. The van der Waals surface area contributed by atoms with Crippen molar-refractivity contribution in [1.29, 1.82) is 0 Å². The number of ether oxygens (including phenoxy) is 2. The number of hydrogen-bond donors (Lipinski definition) is 1. The maximum absolute atomic E-state index is 11.5. The second kappa shape index (κ2) is 4.89. The Morgan fingerprint density at radius 3 is 2.50 bits per heavy atom. The largest absolute Gasteiger partial charge is 0.465 e. The molecule has 1 aromatic rings. The summed E-state index contributed by atoms with van der Waals surface area (Å²) in [4.78, 5) is 20.0. The molecule has 1 saturated carbocycles. The van der Waals surface area contributed by atoms with Crippen LogP contribution in [0.25, 0.3) is 0 Å². The van der Waals surface area contributed by atoms with E-state index in [1.807, 2.05) is 0 Å². The fourth-order valence-electron chi connectivity index (χ4n) is 2.01. The molecule has 1 unspecified atom stereocenters. The zero-order valence-electron chi connectivity index (χ0n) is 10.8. The summed E-state index contributed by atoms with van der Waals surface area (Å²) in [5.74, 6) is 0.629. The molecular weight excluding hydrogens is 234 g/mol. The highest BCUT2D eigenvalue weighted by atomic mass is 16.5. The van der Waals surface area contributed by atoms with Gasteiger partial charge in [-0.1, -0.05) is 0 Å². The van der Waals surface area contributed by atoms with Gasteiger partial charge in [-0.25, -0.2) is 14.8 Å². The Kier molecular flexibility index (Phi) is 3.47. The molecule has 1 fully saturated rings. The normalized spacial score (nSPS) is 16.4. The average molecular weight is 251 g/mol. The van der Waals surface area contributed by atoms with Gasteiger partial charge >= 0.3 is 5.97 Å². The highest BCUT2D eigenvalue weighted by Crippen LogP contribution is 2.42. The molecule has 2 N–H and O–H groups in total. The highest BCUT2D eigenvalue weighted by molar-refractivity contribution is 5.95. The zero-order chi connectivity index (χ0) is 13.3. The van der Waals surface area contributed by atoms with Gasteiger partial charge in [0.25, 0.3) is 0 Å². The molecule has 0 aliphatic heterocycles. The number of anilines is 1. The predicted molar refractivity (Wildman–Crippen MR) is 65.0 cm³/mol. The number of esters is 1. The van der Waals surface area contributed by atoms with E-state index in [0.29, 0.717) is 17.4 Å². The van der Waals surface area contributed by atoms with Gasteiger partial charge in [0.15, 0.2) is 5.82 Å². The minimum absolute atomic E-state index is 0.141. The van der Waals surface area contributed by atoms with Crippen LogP contribution in [0.5, 0.6) is 0 Å². The Morgan fingerprint density at radius 2 is 2.06 bits per heavy atom. The summed E-state index contributed by atoms with van der Waals surface area (Å²) in [5, 5.41) is 0. The molecule has 98 valence electrons. The molecule has 0 bridgehead atoms. The number of nitrogens with two attached hydrogens (primary N) is 1. The van der Waals surface area contributed by atoms with Crippen LogP contribution in [-0.2, 0) is 9.47 Å². The van der Waals surface area contributed by atoms with Crippen LogP contribution >= 0.6 is 0 Å². The molecule has 2 rings (SSSR count). The van der Waals surface area contributed by atoms with Gasteiger partial charge in [0.2, 0.25) is 0 Å². The van der Waals surface area contributed by atoms with Crippen molar-refractivity contribution in [1.82, 2.24) is 9.97 Å². The van der Waals surface area contributed by atoms with E-state index < -0.39 is 5.97 Å². The quantitative estimate of drug-likeness (QED) is 0.810. The number of aryl methyl sites for hydroxylation is 1. The molecule has 18 heavy (non-hydrogen) atoms. The molecule has 6 heteroatoms. The molecule has 0 saturated heterocycles. The summed E-state index contributed by atoms with van der Waals surface area (Å²) in [6.07, 6.45) is 2.08. The summed E-state index contributed by atoms with van der Waals surface area (Å²) >= 11 is 0. The standard InChI is InChI=1S/C12H17N3O3/c1-6-8(12(16)18-3)10(13)15-11(14-6)9(17-2)7-4-5-7/h7,9H,4-5H2,1-3H3,(H2,13,14,15).